The van der Waals surface area contributed by atoms with Gasteiger partial charge in [-0.2, -0.15) is 0 Å². The maximum atomic E-state index is 5.41. The topological polar surface area (TPSA) is 12.9 Å². The Balaban J connectivity index is 1.13. The van der Waals surface area contributed by atoms with E-state index in [1.165, 1.54) is 72.0 Å². The smallest absolute Gasteiger partial charge is 0.0715 e. The number of pyridine rings is 1. The van der Waals surface area contributed by atoms with Crippen molar-refractivity contribution in [1.82, 2.24) is 4.98 Å². The standard InChI is InChI=1S/C52H35N/c1-3-14-32(15-4-1)35-29-48(33-16-5-2-6-17-33)53-49(30-35)34-26-27-39-38-20-9-11-24-44(38)52(46(39)28-34)45-25-12-10-21-41(45)51-42-23-13-22-40-36-18-7-8-19-37(36)43(50(40)42)31-47(51)52/h1-31,38-39,44,46H. The van der Waals surface area contributed by atoms with Crippen molar-refractivity contribution in [2.45, 2.75) is 5.41 Å². The molecular weight excluding hydrogens is 639 g/mol. The molecule has 5 unspecified atom stereocenters. The van der Waals surface area contributed by atoms with E-state index in [9.17, 15) is 0 Å². The third-order valence-corrected chi connectivity index (χ3v) is 13.0. The van der Waals surface area contributed by atoms with Gasteiger partial charge in [0.05, 0.1) is 11.4 Å². The fourth-order valence-electron chi connectivity index (χ4n) is 11.0. The lowest BCUT2D eigenvalue weighted by Crippen LogP contribution is -2.37. The van der Waals surface area contributed by atoms with E-state index in [2.05, 4.69) is 188 Å². The first-order valence-electron chi connectivity index (χ1n) is 19.0. The van der Waals surface area contributed by atoms with E-state index < -0.39 is 0 Å². The molecule has 248 valence electrons. The van der Waals surface area contributed by atoms with E-state index in [0.29, 0.717) is 17.8 Å². The summed E-state index contributed by atoms with van der Waals surface area (Å²) in [6.45, 7) is 0. The van der Waals surface area contributed by atoms with E-state index in [1.54, 1.807) is 0 Å². The van der Waals surface area contributed by atoms with Crippen LogP contribution < -0.4 is 0 Å². The molecule has 0 N–H and O–H groups in total. The first-order valence-corrected chi connectivity index (χ1v) is 19.0. The molecule has 0 radical (unpaired) electrons. The highest BCUT2D eigenvalue weighted by molar-refractivity contribution is 6.20. The van der Waals surface area contributed by atoms with Crippen molar-refractivity contribution in [3.05, 3.63) is 205 Å². The van der Waals surface area contributed by atoms with Crippen LogP contribution in [0.1, 0.15) is 16.8 Å². The molecule has 0 saturated heterocycles. The Morgan fingerprint density at radius 2 is 1.11 bits per heavy atom. The van der Waals surface area contributed by atoms with Crippen LogP contribution in [-0.2, 0) is 5.41 Å². The van der Waals surface area contributed by atoms with Gasteiger partial charge in [-0.1, -0.05) is 170 Å². The summed E-state index contributed by atoms with van der Waals surface area (Å²) in [5.41, 5.74) is 17.7. The van der Waals surface area contributed by atoms with Crippen molar-refractivity contribution in [3.63, 3.8) is 0 Å². The molecule has 0 amide bonds. The Hall–Kier alpha value is -6.31. The summed E-state index contributed by atoms with van der Waals surface area (Å²) in [5, 5.41) is 2.78. The van der Waals surface area contributed by atoms with E-state index in [0.717, 1.165) is 17.0 Å². The number of benzene rings is 6. The zero-order chi connectivity index (χ0) is 34.7. The lowest BCUT2D eigenvalue weighted by atomic mass is 9.62. The first kappa shape index (κ1) is 29.3. The van der Waals surface area contributed by atoms with Gasteiger partial charge in [-0.3, -0.25) is 0 Å². The summed E-state index contributed by atoms with van der Waals surface area (Å²) >= 11 is 0. The SMILES string of the molecule is C1=CC2C3C=CC(c4cc(-c5ccccc5)cc(-c5ccccc5)n4)=CC3C3(c4ccccc4-c4c3cc3c5c(cccc45)-c4ccccc4-3)C2C=C1. The minimum absolute atomic E-state index is 0.235. The summed E-state index contributed by atoms with van der Waals surface area (Å²) < 4.78 is 0. The van der Waals surface area contributed by atoms with Gasteiger partial charge in [0.25, 0.3) is 0 Å². The molecular formula is C52H35N. The molecule has 1 aromatic heterocycles. The van der Waals surface area contributed by atoms with Crippen molar-refractivity contribution in [3.8, 4) is 55.8 Å². The van der Waals surface area contributed by atoms with Crippen LogP contribution >= 0.6 is 0 Å². The van der Waals surface area contributed by atoms with Crippen LogP contribution in [-0.4, -0.2) is 4.98 Å². The van der Waals surface area contributed by atoms with Crippen LogP contribution in [0.3, 0.4) is 0 Å². The third kappa shape index (κ3) is 3.89. The van der Waals surface area contributed by atoms with Crippen LogP contribution in [0.15, 0.2) is 188 Å². The first-order chi connectivity index (χ1) is 26.3. The second kappa shape index (κ2) is 10.9. The van der Waals surface area contributed by atoms with Crippen molar-refractivity contribution in [1.29, 1.82) is 0 Å². The largest absolute Gasteiger partial charge is 0.248 e. The molecule has 1 fully saturated rings. The number of nitrogens with zero attached hydrogens (tertiary/aromatic N) is 1. The predicted molar refractivity (Wildman–Crippen MR) is 219 cm³/mol. The molecule has 5 aliphatic carbocycles. The summed E-state index contributed by atoms with van der Waals surface area (Å²) in [6, 6.07) is 53.9. The van der Waals surface area contributed by atoms with Crippen LogP contribution in [0.4, 0.5) is 0 Å². The average Bonchev–Trinajstić information content (AvgIpc) is 3.84. The molecule has 7 aromatic rings. The minimum atomic E-state index is -0.240. The van der Waals surface area contributed by atoms with Gasteiger partial charge >= 0.3 is 0 Å². The minimum Gasteiger partial charge on any atom is -0.248 e. The van der Waals surface area contributed by atoms with Crippen molar-refractivity contribution in [2.75, 3.05) is 0 Å². The highest BCUT2D eigenvalue weighted by Gasteiger charge is 2.63. The highest BCUT2D eigenvalue weighted by atomic mass is 14.7. The summed E-state index contributed by atoms with van der Waals surface area (Å²) in [4.78, 5) is 5.41. The molecule has 1 heteroatoms. The van der Waals surface area contributed by atoms with Crippen LogP contribution in [0, 0.1) is 23.7 Å². The van der Waals surface area contributed by atoms with Gasteiger partial charge in [-0.05, 0) is 114 Å². The Bertz CT molecular complexity index is 2740. The molecule has 12 rings (SSSR count). The van der Waals surface area contributed by atoms with E-state index in [-0.39, 0.29) is 11.3 Å². The number of allylic oxidation sites excluding steroid dienone is 8. The maximum absolute atomic E-state index is 5.41. The predicted octanol–water partition coefficient (Wildman–Crippen LogP) is 12.7. The van der Waals surface area contributed by atoms with E-state index in [4.69, 9.17) is 4.98 Å². The number of fused-ring (bicyclic) bond motifs is 14. The molecule has 1 spiro atoms. The average molecular weight is 674 g/mol. The molecule has 1 heterocycles. The molecule has 1 saturated carbocycles. The maximum Gasteiger partial charge on any atom is 0.0715 e. The summed E-state index contributed by atoms with van der Waals surface area (Å²) in [7, 11) is 0. The Morgan fingerprint density at radius 1 is 0.453 bits per heavy atom. The Morgan fingerprint density at radius 3 is 1.94 bits per heavy atom. The van der Waals surface area contributed by atoms with Crippen LogP contribution in [0.2, 0.25) is 0 Å². The number of aromatic nitrogens is 1. The van der Waals surface area contributed by atoms with Gasteiger partial charge in [-0.25, -0.2) is 4.98 Å². The van der Waals surface area contributed by atoms with Gasteiger partial charge in [0.2, 0.25) is 0 Å². The van der Waals surface area contributed by atoms with Gasteiger partial charge in [0, 0.05) is 11.0 Å². The number of rotatable bonds is 3. The second-order valence-corrected chi connectivity index (χ2v) is 15.4. The molecule has 0 aliphatic heterocycles. The fraction of sp³-hybridized carbons (Fsp3) is 0.0962. The number of hydrogen-bond acceptors (Lipinski definition) is 1. The molecule has 5 aliphatic rings. The van der Waals surface area contributed by atoms with Crippen molar-refractivity contribution >= 4 is 16.3 Å². The third-order valence-electron chi connectivity index (χ3n) is 13.0. The van der Waals surface area contributed by atoms with Crippen LogP contribution in [0.25, 0.3) is 72.1 Å². The lowest BCUT2D eigenvalue weighted by molar-refractivity contribution is 0.372. The quantitative estimate of drug-likeness (QED) is 0.182. The van der Waals surface area contributed by atoms with E-state index >= 15 is 0 Å². The van der Waals surface area contributed by atoms with Crippen molar-refractivity contribution in [2.24, 2.45) is 23.7 Å². The highest BCUT2D eigenvalue weighted by Crippen LogP contribution is 2.69. The fourth-order valence-corrected chi connectivity index (χ4v) is 11.0. The van der Waals surface area contributed by atoms with Gasteiger partial charge < -0.3 is 0 Å². The number of hydrogen-bond donors (Lipinski definition) is 0. The summed E-state index contributed by atoms with van der Waals surface area (Å²) in [6.07, 6.45) is 17.1. The molecule has 6 aromatic carbocycles. The normalized spacial score (nSPS) is 23.4. The van der Waals surface area contributed by atoms with Gasteiger partial charge in [0.1, 0.15) is 0 Å². The second-order valence-electron chi connectivity index (χ2n) is 15.4. The zero-order valence-corrected chi connectivity index (χ0v) is 29.2. The van der Waals surface area contributed by atoms with Gasteiger partial charge in [-0.15, -0.1) is 0 Å². The molecule has 0 bridgehead atoms. The molecule has 53 heavy (non-hydrogen) atoms. The Kier molecular flexibility index (Phi) is 6.00. The monoisotopic (exact) mass is 673 g/mol. The lowest BCUT2D eigenvalue weighted by Gasteiger charge is -2.39. The molecule has 5 atom stereocenters. The molecule has 1 nitrogen and oxygen atoms in total. The zero-order valence-electron chi connectivity index (χ0n) is 29.2. The Labute approximate surface area is 310 Å². The van der Waals surface area contributed by atoms with E-state index in [1.807, 2.05) is 0 Å². The van der Waals surface area contributed by atoms with Crippen molar-refractivity contribution < 1.29 is 0 Å². The van der Waals surface area contributed by atoms with Gasteiger partial charge in [0.15, 0.2) is 0 Å². The van der Waals surface area contributed by atoms with Crippen LogP contribution in [0.5, 0.6) is 0 Å². The summed E-state index contributed by atoms with van der Waals surface area (Å²) in [5.74, 6) is 1.31.